The maximum atomic E-state index is 8.88. The minimum absolute atomic E-state index is 0.228. The number of nitrogens with two attached hydrogens (primary N) is 1. The molecule has 0 aliphatic carbocycles. The third kappa shape index (κ3) is 4.51. The van der Waals surface area contributed by atoms with Crippen molar-refractivity contribution in [2.24, 2.45) is 0 Å². The molecule has 0 radical (unpaired) electrons. The minimum Gasteiger partial charge on any atom is -0.451 e. The highest BCUT2D eigenvalue weighted by atomic mass is 16.5. The largest absolute Gasteiger partial charge is 0.451 e. The molecule has 2 N–H and O–H groups in total. The van der Waals surface area contributed by atoms with Gasteiger partial charge in [0.2, 0.25) is 0 Å². The molecule has 6 nitrogen and oxygen atoms in total. The van der Waals surface area contributed by atoms with E-state index in [-0.39, 0.29) is 5.92 Å². The maximum Gasteiger partial charge on any atom is 0.187 e. The monoisotopic (exact) mass is 371 g/mol. The number of anilines is 1. The van der Waals surface area contributed by atoms with Crippen molar-refractivity contribution in [3.8, 4) is 17.6 Å². The molecule has 1 aromatic carbocycles. The average molecular weight is 371 g/mol. The average Bonchev–Trinajstić information content (AvgIpc) is 2.69. The van der Waals surface area contributed by atoms with Gasteiger partial charge in [0.15, 0.2) is 11.6 Å². The van der Waals surface area contributed by atoms with Crippen LogP contribution in [0.2, 0.25) is 0 Å². The van der Waals surface area contributed by atoms with E-state index in [1.165, 1.54) is 0 Å². The molecule has 3 aromatic rings. The minimum atomic E-state index is 0.228. The van der Waals surface area contributed by atoms with E-state index in [4.69, 9.17) is 15.7 Å². The Morgan fingerprint density at radius 1 is 1.07 bits per heavy atom. The first-order chi connectivity index (χ1) is 13.5. The quantitative estimate of drug-likeness (QED) is 0.697. The van der Waals surface area contributed by atoms with Crippen LogP contribution in [0.25, 0.3) is 12.2 Å². The van der Waals surface area contributed by atoms with Crippen LogP contribution in [0.4, 0.5) is 5.82 Å². The molecule has 0 bridgehead atoms. The Morgan fingerprint density at radius 2 is 1.82 bits per heavy atom. The van der Waals surface area contributed by atoms with Crippen LogP contribution >= 0.6 is 0 Å². The van der Waals surface area contributed by atoms with Crippen LogP contribution in [0.15, 0.2) is 42.7 Å². The number of nitriles is 1. The van der Waals surface area contributed by atoms with E-state index < -0.39 is 0 Å². The summed E-state index contributed by atoms with van der Waals surface area (Å²) in [6.45, 7) is 5.93. The van der Waals surface area contributed by atoms with Crippen LogP contribution in [0.3, 0.4) is 0 Å². The first-order valence-electron chi connectivity index (χ1n) is 8.91. The standard InChI is InChI=1S/C22H21N5O/c1-14(2)19-12-26-18(9-8-16-4-6-17(11-23)7-5-16)10-20(19)28-21-13-25-15(3)27-22(21)24/h4-10,12-14H,1-3H3,(H2,24,25,27)/b9-8+. The van der Waals surface area contributed by atoms with Crippen molar-refractivity contribution in [1.29, 1.82) is 5.26 Å². The topological polar surface area (TPSA) is 97.7 Å². The van der Waals surface area contributed by atoms with Crippen molar-refractivity contribution >= 4 is 18.0 Å². The molecular formula is C22H21N5O. The lowest BCUT2D eigenvalue weighted by atomic mass is 10.0. The van der Waals surface area contributed by atoms with Crippen molar-refractivity contribution in [3.05, 3.63) is 70.9 Å². The third-order valence-corrected chi connectivity index (χ3v) is 4.15. The number of nitrogen functional groups attached to an aromatic ring is 1. The SMILES string of the molecule is Cc1ncc(Oc2cc(/C=C/c3ccc(C#N)cc3)ncc2C(C)C)c(N)n1. The lowest BCUT2D eigenvalue weighted by Gasteiger charge is -2.14. The van der Waals surface area contributed by atoms with Gasteiger partial charge in [-0.1, -0.05) is 32.1 Å². The first-order valence-corrected chi connectivity index (χ1v) is 8.91. The molecule has 0 unspecified atom stereocenters. The van der Waals surface area contributed by atoms with E-state index in [0.29, 0.717) is 28.7 Å². The molecule has 0 spiro atoms. The summed E-state index contributed by atoms with van der Waals surface area (Å²) in [5.41, 5.74) is 9.29. The predicted octanol–water partition coefficient (Wildman–Crippen LogP) is 4.72. The lowest BCUT2D eigenvalue weighted by molar-refractivity contribution is 0.469. The van der Waals surface area contributed by atoms with Gasteiger partial charge in [0.05, 0.1) is 23.5 Å². The lowest BCUT2D eigenvalue weighted by Crippen LogP contribution is -2.02. The van der Waals surface area contributed by atoms with Crippen LogP contribution in [0, 0.1) is 18.3 Å². The van der Waals surface area contributed by atoms with E-state index in [0.717, 1.165) is 16.8 Å². The fourth-order valence-corrected chi connectivity index (χ4v) is 2.60. The van der Waals surface area contributed by atoms with Crippen LogP contribution in [0.5, 0.6) is 11.5 Å². The molecule has 0 saturated carbocycles. The molecule has 140 valence electrons. The number of aryl methyl sites for hydroxylation is 1. The third-order valence-electron chi connectivity index (χ3n) is 4.15. The van der Waals surface area contributed by atoms with Crippen molar-refractivity contribution < 1.29 is 4.74 Å². The summed E-state index contributed by atoms with van der Waals surface area (Å²) >= 11 is 0. The summed E-state index contributed by atoms with van der Waals surface area (Å²) in [7, 11) is 0. The molecule has 2 heterocycles. The van der Waals surface area contributed by atoms with Crippen molar-refractivity contribution in [1.82, 2.24) is 15.0 Å². The number of rotatable bonds is 5. The van der Waals surface area contributed by atoms with Gasteiger partial charge in [-0.25, -0.2) is 9.97 Å². The number of nitrogens with zero attached hydrogens (tertiary/aromatic N) is 4. The molecular weight excluding hydrogens is 350 g/mol. The van der Waals surface area contributed by atoms with E-state index in [1.54, 1.807) is 25.3 Å². The Kier molecular flexibility index (Phi) is 5.66. The fraction of sp³-hybridized carbons (Fsp3) is 0.182. The Hall–Kier alpha value is -3.72. The van der Waals surface area contributed by atoms with Gasteiger partial charge in [-0.15, -0.1) is 0 Å². The second-order valence-electron chi connectivity index (χ2n) is 6.64. The highest BCUT2D eigenvalue weighted by Gasteiger charge is 2.13. The van der Waals surface area contributed by atoms with Crippen molar-refractivity contribution in [2.45, 2.75) is 26.7 Å². The molecule has 0 aliphatic rings. The highest BCUT2D eigenvalue weighted by molar-refractivity contribution is 5.69. The van der Waals surface area contributed by atoms with Gasteiger partial charge in [-0.2, -0.15) is 5.26 Å². The zero-order valence-corrected chi connectivity index (χ0v) is 16.0. The van der Waals surface area contributed by atoms with Gasteiger partial charge in [0.1, 0.15) is 11.6 Å². The zero-order valence-electron chi connectivity index (χ0n) is 16.0. The molecule has 2 aromatic heterocycles. The molecule has 0 amide bonds. The van der Waals surface area contributed by atoms with Crippen LogP contribution in [-0.2, 0) is 0 Å². The highest BCUT2D eigenvalue weighted by Crippen LogP contribution is 2.32. The maximum absolute atomic E-state index is 8.88. The van der Waals surface area contributed by atoms with Crippen LogP contribution in [-0.4, -0.2) is 15.0 Å². The van der Waals surface area contributed by atoms with E-state index in [2.05, 4.69) is 34.9 Å². The van der Waals surface area contributed by atoms with Gasteiger partial charge in [0.25, 0.3) is 0 Å². The van der Waals surface area contributed by atoms with Gasteiger partial charge < -0.3 is 10.5 Å². The Morgan fingerprint density at radius 3 is 2.46 bits per heavy atom. The van der Waals surface area contributed by atoms with Gasteiger partial charge in [-0.3, -0.25) is 4.98 Å². The molecule has 28 heavy (non-hydrogen) atoms. The van der Waals surface area contributed by atoms with E-state index in [9.17, 15) is 0 Å². The smallest absolute Gasteiger partial charge is 0.187 e. The summed E-state index contributed by atoms with van der Waals surface area (Å²) < 4.78 is 6.02. The number of benzene rings is 1. The van der Waals surface area contributed by atoms with E-state index >= 15 is 0 Å². The predicted molar refractivity (Wildman–Crippen MR) is 110 cm³/mol. The summed E-state index contributed by atoms with van der Waals surface area (Å²) in [6, 6.07) is 11.3. The van der Waals surface area contributed by atoms with Crippen molar-refractivity contribution in [2.75, 3.05) is 5.73 Å². The zero-order chi connectivity index (χ0) is 20.1. The normalized spacial score (nSPS) is 11.0. The molecule has 0 aliphatic heterocycles. The van der Waals surface area contributed by atoms with Crippen LogP contribution < -0.4 is 10.5 Å². The number of pyridine rings is 1. The molecule has 3 rings (SSSR count). The fourth-order valence-electron chi connectivity index (χ4n) is 2.60. The second kappa shape index (κ2) is 8.31. The summed E-state index contributed by atoms with van der Waals surface area (Å²) in [6.07, 6.45) is 7.22. The van der Waals surface area contributed by atoms with Gasteiger partial charge in [0, 0.05) is 17.8 Å². The Balaban J connectivity index is 1.90. The molecule has 6 heteroatoms. The molecule has 0 saturated heterocycles. The van der Waals surface area contributed by atoms with Crippen LogP contribution in [0.1, 0.15) is 48.0 Å². The Bertz CT molecular complexity index is 1050. The number of ether oxygens (including phenoxy) is 1. The second-order valence-corrected chi connectivity index (χ2v) is 6.64. The number of hydrogen-bond donors (Lipinski definition) is 1. The summed E-state index contributed by atoms with van der Waals surface area (Å²) in [5, 5.41) is 8.88. The number of aromatic nitrogens is 3. The number of hydrogen-bond acceptors (Lipinski definition) is 6. The Labute approximate surface area is 164 Å². The van der Waals surface area contributed by atoms with Gasteiger partial charge >= 0.3 is 0 Å². The summed E-state index contributed by atoms with van der Waals surface area (Å²) in [5.74, 6) is 2.21. The molecule has 0 atom stereocenters. The van der Waals surface area contributed by atoms with Gasteiger partial charge in [-0.05, 0) is 36.6 Å². The van der Waals surface area contributed by atoms with Crippen molar-refractivity contribution in [3.63, 3.8) is 0 Å². The summed E-state index contributed by atoms with van der Waals surface area (Å²) in [4.78, 5) is 12.8. The van der Waals surface area contributed by atoms with E-state index in [1.807, 2.05) is 36.5 Å². The molecule has 0 fully saturated rings. The first kappa shape index (κ1) is 19.1.